The Labute approximate surface area is 134 Å². The summed E-state index contributed by atoms with van der Waals surface area (Å²) in [7, 11) is 1.77. The van der Waals surface area contributed by atoms with E-state index >= 15 is 0 Å². The molecular weight excluding hydrogens is 307 g/mol. The van der Waals surface area contributed by atoms with Gasteiger partial charge in [0.1, 0.15) is 0 Å². The Morgan fingerprint density at radius 1 is 1.00 bits per heavy atom. The van der Waals surface area contributed by atoms with Gasteiger partial charge in [-0.3, -0.25) is 4.79 Å². The molecule has 2 aromatic carbocycles. The van der Waals surface area contributed by atoms with Crippen molar-refractivity contribution in [1.29, 1.82) is 0 Å². The fourth-order valence-corrected chi connectivity index (χ4v) is 2.42. The van der Waals surface area contributed by atoms with Gasteiger partial charge in [-0.05, 0) is 43.7 Å². The van der Waals surface area contributed by atoms with Crippen LogP contribution in [0.2, 0.25) is 10.0 Å². The van der Waals surface area contributed by atoms with Gasteiger partial charge >= 0.3 is 0 Å². The van der Waals surface area contributed by atoms with Gasteiger partial charge in [0.2, 0.25) is 0 Å². The number of hydrogen-bond donors (Lipinski definition) is 2. The molecule has 0 aromatic heterocycles. The molecule has 2 N–H and O–H groups in total. The van der Waals surface area contributed by atoms with E-state index in [4.69, 9.17) is 23.2 Å². The van der Waals surface area contributed by atoms with Gasteiger partial charge in [-0.2, -0.15) is 0 Å². The summed E-state index contributed by atoms with van der Waals surface area (Å²) in [5.41, 5.74) is 3.69. The van der Waals surface area contributed by atoms with E-state index in [2.05, 4.69) is 10.6 Å². The molecule has 5 heteroatoms. The smallest absolute Gasteiger partial charge is 0.257 e. The van der Waals surface area contributed by atoms with Crippen LogP contribution in [-0.2, 0) is 0 Å². The highest BCUT2D eigenvalue weighted by molar-refractivity contribution is 6.36. The third kappa shape index (κ3) is 3.49. The molecule has 1 amide bonds. The Bertz CT molecular complexity index is 699. The van der Waals surface area contributed by atoms with Gasteiger partial charge in [-0.1, -0.05) is 34.8 Å². The number of carbonyl (C=O) groups is 1. The SMILES string of the molecule is CNc1ccc(C)cc1C(=O)Nc1cc(Cl)c(C)cc1Cl. The molecule has 0 aliphatic rings. The van der Waals surface area contributed by atoms with Crippen molar-refractivity contribution >= 4 is 40.5 Å². The van der Waals surface area contributed by atoms with E-state index in [9.17, 15) is 4.79 Å². The van der Waals surface area contributed by atoms with E-state index in [1.807, 2.05) is 32.0 Å². The molecule has 0 saturated heterocycles. The quantitative estimate of drug-likeness (QED) is 0.843. The largest absolute Gasteiger partial charge is 0.387 e. The minimum Gasteiger partial charge on any atom is -0.387 e. The zero-order valence-corrected chi connectivity index (χ0v) is 13.6. The lowest BCUT2D eigenvalue weighted by molar-refractivity contribution is 0.102. The van der Waals surface area contributed by atoms with Gasteiger partial charge in [0, 0.05) is 17.8 Å². The molecule has 0 aliphatic heterocycles. The van der Waals surface area contributed by atoms with Gasteiger partial charge in [0.25, 0.3) is 5.91 Å². The normalized spacial score (nSPS) is 10.3. The second kappa shape index (κ2) is 6.37. The molecule has 21 heavy (non-hydrogen) atoms. The fourth-order valence-electron chi connectivity index (χ4n) is 2.00. The molecule has 0 radical (unpaired) electrons. The van der Waals surface area contributed by atoms with E-state index in [0.29, 0.717) is 21.3 Å². The first kappa shape index (κ1) is 15.7. The Hall–Kier alpha value is -1.71. The van der Waals surface area contributed by atoms with Crippen LogP contribution in [0, 0.1) is 13.8 Å². The van der Waals surface area contributed by atoms with E-state index in [-0.39, 0.29) is 5.91 Å². The maximum Gasteiger partial charge on any atom is 0.257 e. The number of amides is 1. The van der Waals surface area contributed by atoms with Crippen LogP contribution in [0.5, 0.6) is 0 Å². The number of anilines is 2. The van der Waals surface area contributed by atoms with Crippen molar-refractivity contribution in [3.05, 3.63) is 57.1 Å². The molecule has 0 bridgehead atoms. The van der Waals surface area contributed by atoms with Crippen LogP contribution in [0.1, 0.15) is 21.5 Å². The number of carbonyl (C=O) groups excluding carboxylic acids is 1. The Balaban J connectivity index is 2.34. The van der Waals surface area contributed by atoms with Crippen LogP contribution in [-0.4, -0.2) is 13.0 Å². The summed E-state index contributed by atoms with van der Waals surface area (Å²) in [6.07, 6.45) is 0. The molecular formula is C16H16Cl2N2O. The first-order chi connectivity index (χ1) is 9.92. The van der Waals surface area contributed by atoms with Gasteiger partial charge in [0.05, 0.1) is 16.3 Å². The van der Waals surface area contributed by atoms with Crippen LogP contribution in [0.3, 0.4) is 0 Å². The van der Waals surface area contributed by atoms with Crippen LogP contribution in [0.25, 0.3) is 0 Å². The molecule has 3 nitrogen and oxygen atoms in total. The summed E-state index contributed by atoms with van der Waals surface area (Å²) in [6.45, 7) is 3.80. The van der Waals surface area contributed by atoms with Gasteiger partial charge in [-0.25, -0.2) is 0 Å². The minimum atomic E-state index is -0.232. The first-order valence-corrected chi connectivity index (χ1v) is 7.23. The molecule has 0 unspecified atom stereocenters. The second-order valence-electron chi connectivity index (χ2n) is 4.83. The molecule has 0 saturated carbocycles. The average Bonchev–Trinajstić information content (AvgIpc) is 2.44. The van der Waals surface area contributed by atoms with E-state index in [1.54, 1.807) is 19.2 Å². The summed E-state index contributed by atoms with van der Waals surface area (Å²) < 4.78 is 0. The maximum atomic E-state index is 12.4. The van der Waals surface area contributed by atoms with Crippen molar-refractivity contribution in [3.63, 3.8) is 0 Å². The van der Waals surface area contributed by atoms with E-state index in [0.717, 1.165) is 16.8 Å². The van der Waals surface area contributed by atoms with Crippen molar-refractivity contribution < 1.29 is 4.79 Å². The number of benzene rings is 2. The zero-order chi connectivity index (χ0) is 15.6. The molecule has 0 heterocycles. The van der Waals surface area contributed by atoms with Gasteiger partial charge in [-0.15, -0.1) is 0 Å². The van der Waals surface area contributed by atoms with Crippen molar-refractivity contribution in [3.8, 4) is 0 Å². The highest BCUT2D eigenvalue weighted by Gasteiger charge is 2.14. The first-order valence-electron chi connectivity index (χ1n) is 6.47. The predicted octanol–water partition coefficient (Wildman–Crippen LogP) is 4.90. The monoisotopic (exact) mass is 322 g/mol. The third-order valence-corrected chi connectivity index (χ3v) is 3.91. The van der Waals surface area contributed by atoms with Gasteiger partial charge in [0.15, 0.2) is 0 Å². The third-order valence-electron chi connectivity index (χ3n) is 3.19. The molecule has 0 aliphatic carbocycles. The van der Waals surface area contributed by atoms with Crippen LogP contribution < -0.4 is 10.6 Å². The summed E-state index contributed by atoms with van der Waals surface area (Å²) in [6, 6.07) is 9.03. The fraction of sp³-hybridized carbons (Fsp3) is 0.188. The van der Waals surface area contributed by atoms with Crippen molar-refractivity contribution in [2.24, 2.45) is 0 Å². The van der Waals surface area contributed by atoms with Crippen LogP contribution in [0.4, 0.5) is 11.4 Å². The number of rotatable bonds is 3. The van der Waals surface area contributed by atoms with Gasteiger partial charge < -0.3 is 10.6 Å². The standard InChI is InChI=1S/C16H16Cl2N2O/c1-9-4-5-14(19-3)11(6-9)16(21)20-15-8-12(17)10(2)7-13(15)18/h4-8,19H,1-3H3,(H,20,21). The minimum absolute atomic E-state index is 0.232. The lowest BCUT2D eigenvalue weighted by Gasteiger charge is -2.12. The molecule has 0 atom stereocenters. The second-order valence-corrected chi connectivity index (χ2v) is 5.65. The summed E-state index contributed by atoms with van der Waals surface area (Å²) in [5.74, 6) is -0.232. The van der Waals surface area contributed by atoms with Crippen molar-refractivity contribution in [1.82, 2.24) is 0 Å². The topological polar surface area (TPSA) is 41.1 Å². The number of halogens is 2. The number of aryl methyl sites for hydroxylation is 2. The molecule has 0 fully saturated rings. The van der Waals surface area contributed by atoms with E-state index < -0.39 is 0 Å². The Morgan fingerprint density at radius 3 is 2.38 bits per heavy atom. The van der Waals surface area contributed by atoms with Crippen molar-refractivity contribution in [2.75, 3.05) is 17.7 Å². The maximum absolute atomic E-state index is 12.4. The highest BCUT2D eigenvalue weighted by atomic mass is 35.5. The average molecular weight is 323 g/mol. The number of hydrogen-bond acceptors (Lipinski definition) is 2. The molecule has 0 spiro atoms. The Kier molecular flexibility index (Phi) is 4.76. The predicted molar refractivity (Wildman–Crippen MR) is 89.9 cm³/mol. The summed E-state index contributed by atoms with van der Waals surface area (Å²) in [4.78, 5) is 12.4. The zero-order valence-electron chi connectivity index (χ0n) is 12.1. The molecule has 110 valence electrons. The Morgan fingerprint density at radius 2 is 1.71 bits per heavy atom. The molecule has 2 aromatic rings. The highest BCUT2D eigenvalue weighted by Crippen LogP contribution is 2.29. The lowest BCUT2D eigenvalue weighted by atomic mass is 10.1. The summed E-state index contributed by atoms with van der Waals surface area (Å²) >= 11 is 12.2. The molecule has 2 rings (SSSR count). The van der Waals surface area contributed by atoms with Crippen LogP contribution in [0.15, 0.2) is 30.3 Å². The number of nitrogens with one attached hydrogen (secondary N) is 2. The van der Waals surface area contributed by atoms with Crippen LogP contribution >= 0.6 is 23.2 Å². The van der Waals surface area contributed by atoms with Crippen molar-refractivity contribution in [2.45, 2.75) is 13.8 Å². The van der Waals surface area contributed by atoms with E-state index in [1.165, 1.54) is 0 Å². The lowest BCUT2D eigenvalue weighted by Crippen LogP contribution is -2.14. The summed E-state index contributed by atoms with van der Waals surface area (Å²) in [5, 5.41) is 6.83.